The topological polar surface area (TPSA) is 28.2 Å². The number of hydrogen-bond acceptors (Lipinski definition) is 4. The standard InChI is InChI=1S/C14H18ClN3S/c1-2-18-8-4-5-10(18)9-16-14-17-12-7-3-6-11(15)13(12)19-14/h3,6-7,10H,2,4-5,8-9H2,1H3,(H,16,17). The molecule has 0 aliphatic carbocycles. The SMILES string of the molecule is CCN1CCCC1CNc1nc2cccc(Cl)c2s1. The smallest absolute Gasteiger partial charge is 0.183 e. The van der Waals surface area contributed by atoms with Gasteiger partial charge in [0.1, 0.15) is 0 Å². The van der Waals surface area contributed by atoms with E-state index in [0.717, 1.165) is 33.5 Å². The lowest BCUT2D eigenvalue weighted by molar-refractivity contribution is 0.277. The molecule has 1 N–H and O–H groups in total. The van der Waals surface area contributed by atoms with Crippen LogP contribution in [0, 0.1) is 0 Å². The third-order valence-electron chi connectivity index (χ3n) is 3.76. The Hall–Kier alpha value is -0.840. The van der Waals surface area contributed by atoms with Crippen LogP contribution < -0.4 is 5.32 Å². The molecule has 0 bridgehead atoms. The van der Waals surface area contributed by atoms with Crippen LogP contribution in [-0.2, 0) is 0 Å². The maximum Gasteiger partial charge on any atom is 0.183 e. The lowest BCUT2D eigenvalue weighted by Gasteiger charge is -2.22. The average molecular weight is 296 g/mol. The maximum atomic E-state index is 6.18. The van der Waals surface area contributed by atoms with Gasteiger partial charge in [0, 0.05) is 12.6 Å². The van der Waals surface area contributed by atoms with Gasteiger partial charge in [0.15, 0.2) is 5.13 Å². The van der Waals surface area contributed by atoms with Crippen molar-refractivity contribution in [2.24, 2.45) is 0 Å². The van der Waals surface area contributed by atoms with Crippen LogP contribution in [0.1, 0.15) is 19.8 Å². The van der Waals surface area contributed by atoms with Gasteiger partial charge in [-0.25, -0.2) is 4.98 Å². The highest BCUT2D eigenvalue weighted by molar-refractivity contribution is 7.22. The van der Waals surface area contributed by atoms with Crippen molar-refractivity contribution >= 4 is 38.3 Å². The normalized spacial score (nSPS) is 20.2. The highest BCUT2D eigenvalue weighted by atomic mass is 35.5. The van der Waals surface area contributed by atoms with Crippen LogP contribution in [0.2, 0.25) is 5.02 Å². The van der Waals surface area contributed by atoms with E-state index in [1.807, 2.05) is 18.2 Å². The van der Waals surface area contributed by atoms with E-state index in [9.17, 15) is 0 Å². The Morgan fingerprint density at radius 3 is 3.21 bits per heavy atom. The summed E-state index contributed by atoms with van der Waals surface area (Å²) in [6.07, 6.45) is 2.60. The van der Waals surface area contributed by atoms with Gasteiger partial charge in [-0.05, 0) is 38.1 Å². The Labute approximate surface area is 122 Å². The zero-order valence-corrected chi connectivity index (χ0v) is 12.6. The van der Waals surface area contributed by atoms with Crippen LogP contribution in [0.5, 0.6) is 0 Å². The number of nitrogens with zero attached hydrogens (tertiary/aromatic N) is 2. The molecular formula is C14H18ClN3S. The number of halogens is 1. The van der Waals surface area contributed by atoms with Crippen molar-refractivity contribution in [2.75, 3.05) is 25.0 Å². The van der Waals surface area contributed by atoms with Crippen LogP contribution in [0.15, 0.2) is 18.2 Å². The number of thiazole rings is 1. The number of likely N-dealkylation sites (tertiary alicyclic amines) is 1. The molecule has 1 atom stereocenters. The molecule has 1 aromatic heterocycles. The molecule has 1 unspecified atom stereocenters. The second kappa shape index (κ2) is 5.65. The summed E-state index contributed by atoms with van der Waals surface area (Å²) in [5.74, 6) is 0. The lowest BCUT2D eigenvalue weighted by Crippen LogP contribution is -2.34. The van der Waals surface area contributed by atoms with Crippen molar-refractivity contribution in [3.8, 4) is 0 Å². The van der Waals surface area contributed by atoms with Crippen LogP contribution >= 0.6 is 22.9 Å². The van der Waals surface area contributed by atoms with E-state index < -0.39 is 0 Å². The fourth-order valence-electron chi connectivity index (χ4n) is 2.74. The Morgan fingerprint density at radius 1 is 1.53 bits per heavy atom. The van der Waals surface area contributed by atoms with Crippen molar-refractivity contribution in [3.63, 3.8) is 0 Å². The van der Waals surface area contributed by atoms with Crippen molar-refractivity contribution in [3.05, 3.63) is 23.2 Å². The van der Waals surface area contributed by atoms with E-state index in [4.69, 9.17) is 11.6 Å². The van der Waals surface area contributed by atoms with Gasteiger partial charge in [-0.15, -0.1) is 0 Å². The first-order valence-corrected chi connectivity index (χ1v) is 8.00. The highest BCUT2D eigenvalue weighted by Gasteiger charge is 2.22. The number of aromatic nitrogens is 1. The van der Waals surface area contributed by atoms with E-state index in [1.54, 1.807) is 11.3 Å². The molecule has 0 amide bonds. The van der Waals surface area contributed by atoms with Crippen molar-refractivity contribution in [1.29, 1.82) is 0 Å². The Kier molecular flexibility index (Phi) is 3.91. The molecule has 1 saturated heterocycles. The first kappa shape index (κ1) is 13.2. The Bertz CT molecular complexity index is 569. The number of fused-ring (bicyclic) bond motifs is 1. The van der Waals surface area contributed by atoms with E-state index in [1.165, 1.54) is 19.4 Å². The quantitative estimate of drug-likeness (QED) is 0.929. The lowest BCUT2D eigenvalue weighted by atomic mass is 10.2. The number of likely N-dealkylation sites (N-methyl/N-ethyl adjacent to an activating group) is 1. The molecule has 19 heavy (non-hydrogen) atoms. The molecule has 1 aliphatic rings. The molecule has 0 spiro atoms. The van der Waals surface area contributed by atoms with Crippen LogP contribution in [-0.4, -0.2) is 35.6 Å². The summed E-state index contributed by atoms with van der Waals surface area (Å²) in [4.78, 5) is 7.12. The summed E-state index contributed by atoms with van der Waals surface area (Å²) >= 11 is 7.82. The predicted molar refractivity (Wildman–Crippen MR) is 83.4 cm³/mol. The number of anilines is 1. The summed E-state index contributed by atoms with van der Waals surface area (Å²) in [7, 11) is 0. The average Bonchev–Trinajstić information content (AvgIpc) is 3.02. The summed E-state index contributed by atoms with van der Waals surface area (Å²) in [5.41, 5.74) is 0.985. The molecule has 3 nitrogen and oxygen atoms in total. The van der Waals surface area contributed by atoms with Crippen molar-refractivity contribution in [1.82, 2.24) is 9.88 Å². The monoisotopic (exact) mass is 295 g/mol. The Balaban J connectivity index is 1.70. The maximum absolute atomic E-state index is 6.18. The number of benzene rings is 1. The zero-order chi connectivity index (χ0) is 13.2. The summed E-state index contributed by atoms with van der Waals surface area (Å²) in [5, 5.41) is 5.24. The largest absolute Gasteiger partial charge is 0.360 e. The molecule has 2 aromatic rings. The zero-order valence-electron chi connectivity index (χ0n) is 11.0. The fourth-order valence-corrected chi connectivity index (χ4v) is 3.90. The van der Waals surface area contributed by atoms with Gasteiger partial charge >= 0.3 is 0 Å². The van der Waals surface area contributed by atoms with Gasteiger partial charge in [-0.3, -0.25) is 4.90 Å². The van der Waals surface area contributed by atoms with Gasteiger partial charge < -0.3 is 5.32 Å². The number of nitrogens with one attached hydrogen (secondary N) is 1. The van der Waals surface area contributed by atoms with Gasteiger partial charge in [0.25, 0.3) is 0 Å². The molecule has 0 radical (unpaired) electrons. The first-order chi connectivity index (χ1) is 9.28. The minimum atomic E-state index is 0.646. The first-order valence-electron chi connectivity index (χ1n) is 6.81. The minimum Gasteiger partial charge on any atom is -0.360 e. The van der Waals surface area contributed by atoms with Crippen molar-refractivity contribution < 1.29 is 0 Å². The van der Waals surface area contributed by atoms with Gasteiger partial charge in [-0.2, -0.15) is 0 Å². The molecule has 2 heterocycles. The number of rotatable bonds is 4. The highest BCUT2D eigenvalue weighted by Crippen LogP contribution is 2.31. The second-order valence-electron chi connectivity index (χ2n) is 4.91. The van der Waals surface area contributed by atoms with Gasteiger partial charge in [0.05, 0.1) is 15.2 Å². The molecule has 1 fully saturated rings. The van der Waals surface area contributed by atoms with Gasteiger partial charge in [-0.1, -0.05) is 35.9 Å². The van der Waals surface area contributed by atoms with Crippen LogP contribution in [0.4, 0.5) is 5.13 Å². The molecule has 1 aliphatic heterocycles. The summed E-state index contributed by atoms with van der Waals surface area (Å²) in [6.45, 7) is 5.58. The third-order valence-corrected chi connectivity index (χ3v) is 5.25. The second-order valence-corrected chi connectivity index (χ2v) is 6.32. The van der Waals surface area contributed by atoms with E-state index in [0.29, 0.717) is 6.04 Å². The molecule has 1 aromatic carbocycles. The molecule has 102 valence electrons. The molecule has 0 saturated carbocycles. The Morgan fingerprint density at radius 2 is 2.42 bits per heavy atom. The van der Waals surface area contributed by atoms with Crippen LogP contribution in [0.3, 0.4) is 0 Å². The van der Waals surface area contributed by atoms with E-state index in [-0.39, 0.29) is 0 Å². The van der Waals surface area contributed by atoms with E-state index in [2.05, 4.69) is 22.1 Å². The summed E-state index contributed by atoms with van der Waals surface area (Å²) < 4.78 is 1.07. The molecule has 3 rings (SSSR count). The number of hydrogen-bond donors (Lipinski definition) is 1. The van der Waals surface area contributed by atoms with E-state index >= 15 is 0 Å². The minimum absolute atomic E-state index is 0.646. The van der Waals surface area contributed by atoms with Crippen LogP contribution in [0.25, 0.3) is 10.2 Å². The third kappa shape index (κ3) is 2.71. The van der Waals surface area contributed by atoms with Crippen molar-refractivity contribution in [2.45, 2.75) is 25.8 Å². The van der Waals surface area contributed by atoms with Gasteiger partial charge in [0.2, 0.25) is 0 Å². The molecular weight excluding hydrogens is 278 g/mol. The fraction of sp³-hybridized carbons (Fsp3) is 0.500. The molecule has 5 heteroatoms. The summed E-state index contributed by atoms with van der Waals surface area (Å²) in [6, 6.07) is 6.52. The predicted octanol–water partition coefficient (Wildman–Crippen LogP) is 3.85.